The summed E-state index contributed by atoms with van der Waals surface area (Å²) in [6.07, 6.45) is 2.82. The van der Waals surface area contributed by atoms with Crippen molar-refractivity contribution >= 4 is 15.9 Å². The van der Waals surface area contributed by atoms with Gasteiger partial charge in [0, 0.05) is 12.6 Å². The van der Waals surface area contributed by atoms with Crippen molar-refractivity contribution < 1.29 is 9.84 Å². The minimum absolute atomic E-state index is 0.135. The van der Waals surface area contributed by atoms with E-state index in [1.54, 1.807) is 7.11 Å². The van der Waals surface area contributed by atoms with E-state index in [2.05, 4.69) is 34.7 Å². The van der Waals surface area contributed by atoms with E-state index in [0.29, 0.717) is 16.3 Å². The topological polar surface area (TPSA) is 41.5 Å². The van der Waals surface area contributed by atoms with Gasteiger partial charge in [0.25, 0.3) is 0 Å². The van der Waals surface area contributed by atoms with E-state index in [-0.39, 0.29) is 5.75 Å². The van der Waals surface area contributed by atoms with Gasteiger partial charge in [0.05, 0.1) is 11.6 Å². The standard InChI is InChI=1S/C13H18BrNO2/c1-4-5-9(2)15-8-10-6-11(14)13(16)12(7-10)17-3/h4,6-7,9,15-16H,1,5,8H2,2-3H3. The molecule has 0 saturated carbocycles. The van der Waals surface area contributed by atoms with Crippen molar-refractivity contribution in [2.24, 2.45) is 0 Å². The zero-order valence-electron chi connectivity index (χ0n) is 10.2. The number of benzene rings is 1. The molecular weight excluding hydrogens is 282 g/mol. The first kappa shape index (κ1) is 14.1. The molecule has 0 heterocycles. The molecule has 1 aromatic rings. The Morgan fingerprint density at radius 1 is 1.59 bits per heavy atom. The lowest BCUT2D eigenvalue weighted by Gasteiger charge is -2.13. The molecule has 0 aromatic heterocycles. The third-order valence-electron chi connectivity index (χ3n) is 2.48. The van der Waals surface area contributed by atoms with Gasteiger partial charge in [-0.2, -0.15) is 0 Å². The second-order valence-corrected chi connectivity index (χ2v) is 4.79. The summed E-state index contributed by atoms with van der Waals surface area (Å²) >= 11 is 3.30. The molecule has 0 aliphatic heterocycles. The van der Waals surface area contributed by atoms with Gasteiger partial charge in [-0.3, -0.25) is 0 Å². The maximum atomic E-state index is 9.68. The summed E-state index contributed by atoms with van der Waals surface area (Å²) in [6, 6.07) is 4.09. The molecule has 0 spiro atoms. The number of halogens is 1. The van der Waals surface area contributed by atoms with E-state index in [0.717, 1.165) is 18.5 Å². The third-order valence-corrected chi connectivity index (χ3v) is 3.09. The second-order valence-electron chi connectivity index (χ2n) is 3.93. The molecule has 0 bridgehead atoms. The van der Waals surface area contributed by atoms with Gasteiger partial charge < -0.3 is 15.2 Å². The fourth-order valence-electron chi connectivity index (χ4n) is 1.51. The number of phenolic OH excluding ortho intramolecular Hbond substituents is 1. The van der Waals surface area contributed by atoms with Crippen LogP contribution in [0.25, 0.3) is 0 Å². The molecule has 1 unspecified atom stereocenters. The van der Waals surface area contributed by atoms with Crippen LogP contribution in [0.2, 0.25) is 0 Å². The number of rotatable bonds is 6. The molecule has 0 aliphatic rings. The fraction of sp³-hybridized carbons (Fsp3) is 0.385. The predicted molar refractivity (Wildman–Crippen MR) is 73.5 cm³/mol. The van der Waals surface area contributed by atoms with Gasteiger partial charge >= 0.3 is 0 Å². The van der Waals surface area contributed by atoms with Crippen LogP contribution in [0.5, 0.6) is 11.5 Å². The van der Waals surface area contributed by atoms with Crippen molar-refractivity contribution in [1.82, 2.24) is 5.32 Å². The molecule has 0 amide bonds. The number of nitrogens with one attached hydrogen (secondary N) is 1. The van der Waals surface area contributed by atoms with Crippen LogP contribution < -0.4 is 10.1 Å². The summed E-state index contributed by atoms with van der Waals surface area (Å²) in [4.78, 5) is 0. The van der Waals surface area contributed by atoms with Crippen molar-refractivity contribution in [3.05, 3.63) is 34.8 Å². The second kappa shape index (κ2) is 6.67. The largest absolute Gasteiger partial charge is 0.503 e. The molecular formula is C13H18BrNO2. The van der Waals surface area contributed by atoms with Gasteiger partial charge in [-0.25, -0.2) is 0 Å². The molecule has 17 heavy (non-hydrogen) atoms. The van der Waals surface area contributed by atoms with E-state index in [1.165, 1.54) is 0 Å². The summed E-state index contributed by atoms with van der Waals surface area (Å²) in [7, 11) is 1.54. The van der Waals surface area contributed by atoms with Crippen molar-refractivity contribution in [2.45, 2.75) is 25.9 Å². The molecule has 1 rings (SSSR count). The molecule has 1 atom stereocenters. The van der Waals surface area contributed by atoms with Crippen LogP contribution in [-0.4, -0.2) is 18.3 Å². The van der Waals surface area contributed by atoms with Crippen molar-refractivity contribution in [3.63, 3.8) is 0 Å². The number of phenols is 1. The van der Waals surface area contributed by atoms with Crippen molar-refractivity contribution in [1.29, 1.82) is 0 Å². The van der Waals surface area contributed by atoms with Gasteiger partial charge in [-0.05, 0) is 47.0 Å². The van der Waals surface area contributed by atoms with Gasteiger partial charge in [0.1, 0.15) is 0 Å². The quantitative estimate of drug-likeness (QED) is 0.793. The first-order valence-electron chi connectivity index (χ1n) is 5.48. The van der Waals surface area contributed by atoms with E-state index < -0.39 is 0 Å². The number of ether oxygens (including phenoxy) is 1. The first-order chi connectivity index (χ1) is 8.08. The van der Waals surface area contributed by atoms with Crippen LogP contribution in [0.15, 0.2) is 29.3 Å². The SMILES string of the molecule is C=CCC(C)NCc1cc(Br)c(O)c(OC)c1. The van der Waals surface area contributed by atoms with Crippen LogP contribution in [0.1, 0.15) is 18.9 Å². The molecule has 0 fully saturated rings. The molecule has 3 nitrogen and oxygen atoms in total. The Hall–Kier alpha value is -1.00. The third kappa shape index (κ3) is 4.06. The molecule has 0 radical (unpaired) electrons. The lowest BCUT2D eigenvalue weighted by atomic mass is 10.1. The molecule has 0 aliphatic carbocycles. The zero-order valence-corrected chi connectivity index (χ0v) is 11.8. The molecule has 1 aromatic carbocycles. The maximum absolute atomic E-state index is 9.68. The number of aromatic hydroxyl groups is 1. The summed E-state index contributed by atoms with van der Waals surface area (Å²) in [6.45, 7) is 6.54. The molecule has 2 N–H and O–H groups in total. The van der Waals surface area contributed by atoms with E-state index in [1.807, 2.05) is 18.2 Å². The highest BCUT2D eigenvalue weighted by Gasteiger charge is 2.09. The molecule has 0 saturated heterocycles. The number of methoxy groups -OCH3 is 1. The van der Waals surface area contributed by atoms with Crippen LogP contribution >= 0.6 is 15.9 Å². The fourth-order valence-corrected chi connectivity index (χ4v) is 2.00. The Labute approximate surface area is 111 Å². The van der Waals surface area contributed by atoms with E-state index in [4.69, 9.17) is 4.74 Å². The maximum Gasteiger partial charge on any atom is 0.172 e. The zero-order chi connectivity index (χ0) is 12.8. The Kier molecular flexibility index (Phi) is 5.51. The monoisotopic (exact) mass is 299 g/mol. The Morgan fingerprint density at radius 3 is 2.88 bits per heavy atom. The lowest BCUT2D eigenvalue weighted by molar-refractivity contribution is 0.371. The summed E-state index contributed by atoms with van der Waals surface area (Å²) in [5.41, 5.74) is 1.06. The summed E-state index contributed by atoms with van der Waals surface area (Å²) in [5.74, 6) is 0.614. The van der Waals surface area contributed by atoms with Gasteiger partial charge in [-0.1, -0.05) is 6.08 Å². The highest BCUT2D eigenvalue weighted by molar-refractivity contribution is 9.10. The smallest absolute Gasteiger partial charge is 0.172 e. The molecule has 4 heteroatoms. The summed E-state index contributed by atoms with van der Waals surface area (Å²) in [5, 5.41) is 13.0. The van der Waals surface area contributed by atoms with Crippen LogP contribution in [0, 0.1) is 0 Å². The highest BCUT2D eigenvalue weighted by Crippen LogP contribution is 2.35. The Balaban J connectivity index is 2.71. The van der Waals surface area contributed by atoms with E-state index in [9.17, 15) is 5.11 Å². The van der Waals surface area contributed by atoms with Gasteiger partial charge in [-0.15, -0.1) is 6.58 Å². The van der Waals surface area contributed by atoms with Crippen LogP contribution in [0.4, 0.5) is 0 Å². The number of hydrogen-bond donors (Lipinski definition) is 2. The van der Waals surface area contributed by atoms with Crippen LogP contribution in [-0.2, 0) is 6.54 Å². The van der Waals surface area contributed by atoms with Crippen LogP contribution in [0.3, 0.4) is 0 Å². The Morgan fingerprint density at radius 2 is 2.29 bits per heavy atom. The van der Waals surface area contributed by atoms with Gasteiger partial charge in [0.15, 0.2) is 11.5 Å². The number of hydrogen-bond acceptors (Lipinski definition) is 3. The molecule has 94 valence electrons. The van der Waals surface area contributed by atoms with Gasteiger partial charge in [0.2, 0.25) is 0 Å². The van der Waals surface area contributed by atoms with Crippen molar-refractivity contribution in [3.8, 4) is 11.5 Å². The van der Waals surface area contributed by atoms with Crippen molar-refractivity contribution in [2.75, 3.05) is 7.11 Å². The minimum Gasteiger partial charge on any atom is -0.503 e. The highest BCUT2D eigenvalue weighted by atomic mass is 79.9. The van der Waals surface area contributed by atoms with E-state index >= 15 is 0 Å². The average molecular weight is 300 g/mol. The minimum atomic E-state index is 0.135. The normalized spacial score (nSPS) is 12.2. The Bertz CT molecular complexity index is 393. The lowest BCUT2D eigenvalue weighted by Crippen LogP contribution is -2.24. The summed E-state index contributed by atoms with van der Waals surface area (Å²) < 4.78 is 5.74. The predicted octanol–water partition coefficient (Wildman–Crippen LogP) is 3.22. The first-order valence-corrected chi connectivity index (χ1v) is 6.27. The average Bonchev–Trinajstić information content (AvgIpc) is 2.31.